The smallest absolute Gasteiger partial charge is 0.311 e. The molecule has 3 aliphatic rings. The topological polar surface area (TPSA) is 209 Å². The van der Waals surface area contributed by atoms with Gasteiger partial charge in [0.05, 0.1) is 41.5 Å². The lowest BCUT2D eigenvalue weighted by atomic mass is 9.77. The number of carbonyl (C=O) groups is 2. The van der Waals surface area contributed by atoms with Crippen LogP contribution < -0.4 is 5.32 Å². The summed E-state index contributed by atoms with van der Waals surface area (Å²) in [5, 5.41) is 62.0. The van der Waals surface area contributed by atoms with Crippen LogP contribution in [0.25, 0.3) is 0 Å². The largest absolute Gasteiger partial charge is 0.459 e. The number of ether oxygens (including phenoxy) is 6. The zero-order valence-electron chi connectivity index (χ0n) is 37.7. The summed E-state index contributed by atoms with van der Waals surface area (Å²) in [5.41, 5.74) is -4.55. The fourth-order valence-corrected chi connectivity index (χ4v) is 9.45. The first kappa shape index (κ1) is 50.8. The van der Waals surface area contributed by atoms with Gasteiger partial charge in [0.15, 0.2) is 12.6 Å². The second-order valence-electron chi connectivity index (χ2n) is 18.6. The molecular formula is C42H79N3O13. The molecule has 18 atom stereocenters. The molecule has 3 rings (SSSR count). The molecular weight excluding hydrogens is 754 g/mol. The molecule has 0 spiro atoms. The highest BCUT2D eigenvalue weighted by atomic mass is 16.7. The van der Waals surface area contributed by atoms with E-state index >= 15 is 0 Å². The van der Waals surface area contributed by atoms with Gasteiger partial charge in [-0.05, 0) is 94.2 Å². The molecule has 0 radical (unpaired) electrons. The van der Waals surface area contributed by atoms with Crippen molar-refractivity contribution >= 4 is 11.9 Å². The number of hydrogen-bond acceptors (Lipinski definition) is 15. The van der Waals surface area contributed by atoms with E-state index in [1.807, 2.05) is 44.7 Å². The van der Waals surface area contributed by atoms with Gasteiger partial charge in [0.1, 0.15) is 30.0 Å². The molecule has 0 aromatic heterocycles. The minimum absolute atomic E-state index is 0.111. The fourth-order valence-electron chi connectivity index (χ4n) is 9.45. The molecule has 1 amide bonds. The van der Waals surface area contributed by atoms with Crippen LogP contribution in [-0.4, -0.2) is 178 Å². The highest BCUT2D eigenvalue weighted by Crippen LogP contribution is 2.40. The minimum atomic E-state index is -1.88. The Bertz CT molecular complexity index is 1310. The molecule has 16 nitrogen and oxygen atoms in total. The number of aliphatic hydroxyl groups excluding tert-OH is 3. The van der Waals surface area contributed by atoms with Crippen molar-refractivity contribution < 1.29 is 63.5 Å². The Morgan fingerprint density at radius 1 is 0.983 bits per heavy atom. The highest BCUT2D eigenvalue weighted by molar-refractivity contribution is 5.73. The number of aliphatic hydroxyl groups is 5. The molecule has 340 valence electrons. The maximum atomic E-state index is 14.4. The molecule has 0 saturated carbocycles. The third kappa shape index (κ3) is 12.3. The number of carbonyl (C=O) groups excluding carboxylic acids is 2. The number of esters is 1. The predicted octanol–water partition coefficient (Wildman–Crippen LogP) is 1.80. The Morgan fingerprint density at radius 2 is 1.62 bits per heavy atom. The van der Waals surface area contributed by atoms with Crippen molar-refractivity contribution in [1.82, 2.24) is 15.1 Å². The first-order valence-corrected chi connectivity index (χ1v) is 21.3. The van der Waals surface area contributed by atoms with Gasteiger partial charge < -0.3 is 64.2 Å². The Hall–Kier alpha value is -1.54. The average Bonchev–Trinajstić information content (AvgIpc) is 3.13. The van der Waals surface area contributed by atoms with Crippen LogP contribution in [-0.2, 0) is 38.0 Å². The zero-order chi connectivity index (χ0) is 44.1. The van der Waals surface area contributed by atoms with Gasteiger partial charge in [0.25, 0.3) is 0 Å². The number of hydrogen-bond donors (Lipinski definition) is 6. The number of nitrogens with one attached hydrogen (secondary N) is 1. The van der Waals surface area contributed by atoms with Crippen LogP contribution in [0.15, 0.2) is 0 Å². The highest BCUT2D eigenvalue weighted by Gasteiger charge is 2.53. The number of amides is 1. The van der Waals surface area contributed by atoms with E-state index in [-0.39, 0.29) is 43.2 Å². The summed E-state index contributed by atoms with van der Waals surface area (Å²) in [5.74, 6) is -2.94. The fraction of sp³-hybridized carbons (Fsp3) is 0.952. The molecule has 0 unspecified atom stereocenters. The number of rotatable bonds is 11. The molecule has 58 heavy (non-hydrogen) atoms. The van der Waals surface area contributed by atoms with Gasteiger partial charge in [0.2, 0.25) is 5.91 Å². The summed E-state index contributed by atoms with van der Waals surface area (Å²) >= 11 is 0. The van der Waals surface area contributed by atoms with Gasteiger partial charge in [-0.25, -0.2) is 0 Å². The second-order valence-corrected chi connectivity index (χ2v) is 18.6. The van der Waals surface area contributed by atoms with E-state index in [9.17, 15) is 35.1 Å². The van der Waals surface area contributed by atoms with Crippen LogP contribution in [0.5, 0.6) is 0 Å². The Kier molecular flexibility index (Phi) is 18.4. The third-order valence-corrected chi connectivity index (χ3v) is 13.0. The first-order chi connectivity index (χ1) is 26.8. The summed E-state index contributed by atoms with van der Waals surface area (Å²) in [6.07, 6.45) is -8.20. The molecule has 0 aliphatic carbocycles. The number of cyclic esters (lactones) is 1. The Labute approximate surface area is 347 Å². The van der Waals surface area contributed by atoms with Crippen LogP contribution in [0, 0.1) is 17.8 Å². The molecule has 16 heteroatoms. The van der Waals surface area contributed by atoms with E-state index in [2.05, 4.69) is 5.32 Å². The van der Waals surface area contributed by atoms with E-state index in [1.165, 1.54) is 21.0 Å². The van der Waals surface area contributed by atoms with Gasteiger partial charge in [-0.15, -0.1) is 0 Å². The quantitative estimate of drug-likeness (QED) is 0.130. The lowest BCUT2D eigenvalue weighted by Crippen LogP contribution is -2.60. The van der Waals surface area contributed by atoms with Crippen molar-refractivity contribution in [2.75, 3.05) is 40.8 Å². The number of methoxy groups -OCH3 is 1. The van der Waals surface area contributed by atoms with E-state index in [1.54, 1.807) is 41.5 Å². The van der Waals surface area contributed by atoms with Gasteiger partial charge in [-0.1, -0.05) is 20.8 Å². The molecule has 3 heterocycles. The minimum Gasteiger partial charge on any atom is -0.459 e. The van der Waals surface area contributed by atoms with Gasteiger partial charge in [-0.3, -0.25) is 14.5 Å². The standard InChI is InChI=1S/C42H79N3O13/c1-15-31-42(11,52)35(48)27(6)45(18-16-17-43-29(8)46)22-23(2)20-40(9,51)37(58-39-33(47)30(44(12)13)19-24(3)54-39)25(4)34(26(5)38(50)56-31)57-32-21-41(10,53-14)36(49)28(7)55-32/h23-28,30-37,39,47-49,51-52H,15-22H2,1-14H3,(H,43,46)/t23-,24-,25+,26-,27-,28+,30+,31-,32+,33-,34+,35-,36+,37-,39+,40-,41-,42-/m1/s1. The molecule has 3 fully saturated rings. The number of nitrogens with zero attached hydrogens (tertiary/aromatic N) is 2. The van der Waals surface area contributed by atoms with Crippen molar-refractivity contribution in [1.29, 1.82) is 0 Å². The van der Waals surface area contributed by atoms with Crippen molar-refractivity contribution in [2.45, 2.75) is 199 Å². The monoisotopic (exact) mass is 834 g/mol. The van der Waals surface area contributed by atoms with Crippen molar-refractivity contribution in [3.8, 4) is 0 Å². The summed E-state index contributed by atoms with van der Waals surface area (Å²) < 4.78 is 37.8. The molecule has 0 aromatic carbocycles. The van der Waals surface area contributed by atoms with E-state index < -0.39 is 96.0 Å². The molecule has 0 bridgehead atoms. The summed E-state index contributed by atoms with van der Waals surface area (Å²) in [7, 11) is 5.25. The molecule has 3 saturated heterocycles. The summed E-state index contributed by atoms with van der Waals surface area (Å²) in [6, 6.07) is -0.938. The van der Waals surface area contributed by atoms with Crippen molar-refractivity contribution in [3.63, 3.8) is 0 Å². The van der Waals surface area contributed by atoms with Crippen molar-refractivity contribution in [3.05, 3.63) is 0 Å². The number of likely N-dealkylation sites (N-methyl/N-ethyl adjacent to an activating group) is 1. The van der Waals surface area contributed by atoms with Crippen LogP contribution in [0.3, 0.4) is 0 Å². The third-order valence-electron chi connectivity index (χ3n) is 13.0. The van der Waals surface area contributed by atoms with E-state index in [0.29, 0.717) is 32.5 Å². The van der Waals surface area contributed by atoms with Crippen LogP contribution in [0.2, 0.25) is 0 Å². The summed E-state index contributed by atoms with van der Waals surface area (Å²) in [4.78, 5) is 30.0. The molecule has 3 aliphatic heterocycles. The Morgan fingerprint density at radius 3 is 2.19 bits per heavy atom. The van der Waals surface area contributed by atoms with Crippen LogP contribution in [0.1, 0.15) is 108 Å². The molecule has 6 N–H and O–H groups in total. The zero-order valence-corrected chi connectivity index (χ0v) is 37.7. The average molecular weight is 834 g/mol. The maximum Gasteiger partial charge on any atom is 0.311 e. The van der Waals surface area contributed by atoms with E-state index in [0.717, 1.165) is 0 Å². The normalized spacial score (nSPS) is 45.6. The second kappa shape index (κ2) is 21.0. The van der Waals surface area contributed by atoms with Crippen LogP contribution >= 0.6 is 0 Å². The summed E-state index contributed by atoms with van der Waals surface area (Å²) in [6.45, 7) is 20.2. The lowest BCUT2D eigenvalue weighted by Gasteiger charge is -2.48. The molecule has 0 aromatic rings. The first-order valence-electron chi connectivity index (χ1n) is 21.3. The maximum absolute atomic E-state index is 14.4. The lowest BCUT2D eigenvalue weighted by molar-refractivity contribution is -0.318. The van der Waals surface area contributed by atoms with Gasteiger partial charge >= 0.3 is 5.97 Å². The van der Waals surface area contributed by atoms with Gasteiger partial charge in [-0.2, -0.15) is 0 Å². The SMILES string of the molecule is CC[C@H]1OC(=O)[C@H](C)[C@@H](O[C@H]2C[C@@](C)(OC)[C@@H](O)[C@H](C)O2)[C@H](C)[C@@H](O[C@@H]2O[C@H](C)C[C@H](N(C)C)[C@H]2O)[C@](C)(O)C[C@@H](C)CN(CCCNC(C)=O)[C@H](C)[C@@H](O)[C@]1(C)O. The Balaban J connectivity index is 2.19. The van der Waals surface area contributed by atoms with Gasteiger partial charge in [0, 0.05) is 58.1 Å². The van der Waals surface area contributed by atoms with Crippen LogP contribution in [0.4, 0.5) is 0 Å². The van der Waals surface area contributed by atoms with Crippen molar-refractivity contribution in [2.24, 2.45) is 17.8 Å². The van der Waals surface area contributed by atoms with E-state index in [4.69, 9.17) is 28.4 Å². The predicted molar refractivity (Wildman–Crippen MR) is 216 cm³/mol.